The fraction of sp³-hybridized carbons (Fsp3) is 0.875. The molecule has 1 fully saturated rings. The highest BCUT2D eigenvalue weighted by Crippen LogP contribution is 2.11. The van der Waals surface area contributed by atoms with Crippen LogP contribution in [-0.2, 0) is 0 Å². The van der Waals surface area contributed by atoms with Crippen molar-refractivity contribution in [2.45, 2.75) is 25.1 Å². The second-order valence-corrected chi connectivity index (χ2v) is 3.47. The van der Waals surface area contributed by atoms with E-state index in [4.69, 9.17) is 0 Å². The fourth-order valence-electron chi connectivity index (χ4n) is 1.39. The average Bonchev–Trinajstić information content (AvgIpc) is 2.62. The summed E-state index contributed by atoms with van der Waals surface area (Å²) >= 11 is 0. The third kappa shape index (κ3) is 5.46. The molecule has 0 aromatic carbocycles. The first-order valence-electron chi connectivity index (χ1n) is 4.79. The molecule has 1 saturated heterocycles. The van der Waals surface area contributed by atoms with Gasteiger partial charge < -0.3 is 16.0 Å². The monoisotopic (exact) mass is 225 g/mol. The van der Waals surface area contributed by atoms with Crippen LogP contribution in [0, 0.1) is 0 Å². The van der Waals surface area contributed by atoms with E-state index in [1.165, 1.54) is 0 Å². The number of carbonyl (C=O) groups is 1. The lowest BCUT2D eigenvalue weighted by atomic mass is 10.2. The Balaban J connectivity index is 2.08. The van der Waals surface area contributed by atoms with Crippen molar-refractivity contribution >= 4 is 6.03 Å². The van der Waals surface area contributed by atoms with Crippen LogP contribution in [0.4, 0.5) is 18.0 Å². The van der Waals surface area contributed by atoms with Crippen LogP contribution in [0.5, 0.6) is 0 Å². The van der Waals surface area contributed by atoms with E-state index >= 15 is 0 Å². The number of nitrogens with one attached hydrogen (secondary N) is 3. The van der Waals surface area contributed by atoms with Gasteiger partial charge in [-0.25, -0.2) is 4.79 Å². The molecular weight excluding hydrogens is 211 g/mol. The summed E-state index contributed by atoms with van der Waals surface area (Å²) in [6.07, 6.45) is -2.38. The molecule has 1 heterocycles. The fourth-order valence-corrected chi connectivity index (χ4v) is 1.39. The predicted octanol–water partition coefficient (Wildman–Crippen LogP) is 0.600. The number of amides is 2. The van der Waals surface area contributed by atoms with Crippen LogP contribution in [0.15, 0.2) is 0 Å². The highest BCUT2D eigenvalue weighted by molar-refractivity contribution is 5.73. The largest absolute Gasteiger partial charge is 0.405 e. The number of halogens is 3. The molecule has 0 bridgehead atoms. The Labute approximate surface area is 85.6 Å². The third-order valence-corrected chi connectivity index (χ3v) is 2.12. The summed E-state index contributed by atoms with van der Waals surface area (Å²) in [6.45, 7) is -0.0306. The van der Waals surface area contributed by atoms with Crippen molar-refractivity contribution in [2.24, 2.45) is 0 Å². The normalized spacial score (nSPS) is 21.4. The van der Waals surface area contributed by atoms with Gasteiger partial charge in [-0.1, -0.05) is 0 Å². The van der Waals surface area contributed by atoms with Gasteiger partial charge in [0.1, 0.15) is 6.54 Å². The lowest BCUT2D eigenvalue weighted by Crippen LogP contribution is -2.45. The Bertz CT molecular complexity index is 214. The minimum atomic E-state index is -4.36. The maximum absolute atomic E-state index is 11.7. The SMILES string of the molecule is O=C(NCC1CCCN1)NCC(F)(F)F. The van der Waals surface area contributed by atoms with Crippen molar-refractivity contribution in [3.05, 3.63) is 0 Å². The van der Waals surface area contributed by atoms with E-state index in [2.05, 4.69) is 10.6 Å². The van der Waals surface area contributed by atoms with Crippen LogP contribution in [0.3, 0.4) is 0 Å². The maximum Gasteiger partial charge on any atom is 0.405 e. The van der Waals surface area contributed by atoms with Crippen molar-refractivity contribution in [1.29, 1.82) is 0 Å². The summed E-state index contributed by atoms with van der Waals surface area (Å²) < 4.78 is 35.1. The molecule has 0 radical (unpaired) electrons. The van der Waals surface area contributed by atoms with Gasteiger partial charge in [-0.15, -0.1) is 0 Å². The van der Waals surface area contributed by atoms with E-state index in [0.717, 1.165) is 19.4 Å². The van der Waals surface area contributed by atoms with Gasteiger partial charge in [0.05, 0.1) is 0 Å². The molecule has 1 aliphatic rings. The number of carbonyl (C=O) groups excluding carboxylic acids is 1. The summed E-state index contributed by atoms with van der Waals surface area (Å²) in [5.41, 5.74) is 0. The van der Waals surface area contributed by atoms with Gasteiger partial charge in [0.25, 0.3) is 0 Å². The molecule has 7 heteroatoms. The molecular formula is C8H14F3N3O. The molecule has 1 atom stereocenters. The first-order chi connectivity index (χ1) is 6.97. The quantitative estimate of drug-likeness (QED) is 0.658. The Kier molecular flexibility index (Phi) is 4.19. The topological polar surface area (TPSA) is 53.2 Å². The zero-order valence-corrected chi connectivity index (χ0v) is 8.16. The Hall–Kier alpha value is -0.980. The number of rotatable bonds is 3. The molecule has 4 nitrogen and oxygen atoms in total. The van der Waals surface area contributed by atoms with Gasteiger partial charge in [0.2, 0.25) is 0 Å². The lowest BCUT2D eigenvalue weighted by Gasteiger charge is -2.13. The second-order valence-electron chi connectivity index (χ2n) is 3.47. The Morgan fingerprint density at radius 2 is 2.13 bits per heavy atom. The minimum Gasteiger partial charge on any atom is -0.337 e. The van der Waals surface area contributed by atoms with E-state index in [1.807, 2.05) is 0 Å². The highest BCUT2D eigenvalue weighted by Gasteiger charge is 2.27. The summed E-state index contributed by atoms with van der Waals surface area (Å²) in [6, 6.07) is -0.595. The van der Waals surface area contributed by atoms with Gasteiger partial charge in [0.15, 0.2) is 0 Å². The minimum absolute atomic E-state index is 0.182. The van der Waals surface area contributed by atoms with Crippen LogP contribution in [-0.4, -0.2) is 37.9 Å². The molecule has 0 saturated carbocycles. The molecule has 1 aliphatic heterocycles. The molecule has 88 valence electrons. The molecule has 0 aromatic rings. The van der Waals surface area contributed by atoms with Gasteiger partial charge >= 0.3 is 12.2 Å². The van der Waals surface area contributed by atoms with Crippen LogP contribution in [0.1, 0.15) is 12.8 Å². The summed E-state index contributed by atoms with van der Waals surface area (Å²) in [5.74, 6) is 0. The highest BCUT2D eigenvalue weighted by atomic mass is 19.4. The molecule has 15 heavy (non-hydrogen) atoms. The smallest absolute Gasteiger partial charge is 0.337 e. The standard InChI is InChI=1S/C8H14F3N3O/c9-8(10,11)5-14-7(15)13-4-6-2-1-3-12-6/h6,12H,1-5H2,(H2,13,14,15). The van der Waals surface area contributed by atoms with Crippen LogP contribution in [0.25, 0.3) is 0 Å². The van der Waals surface area contributed by atoms with Gasteiger partial charge in [-0.05, 0) is 19.4 Å². The van der Waals surface area contributed by atoms with E-state index in [-0.39, 0.29) is 6.04 Å². The van der Waals surface area contributed by atoms with Gasteiger partial charge in [-0.2, -0.15) is 13.2 Å². The molecule has 0 aliphatic carbocycles. The number of alkyl halides is 3. The van der Waals surface area contributed by atoms with E-state index in [0.29, 0.717) is 6.54 Å². The first kappa shape index (κ1) is 12.1. The van der Waals surface area contributed by atoms with Crippen molar-refractivity contribution < 1.29 is 18.0 Å². The average molecular weight is 225 g/mol. The maximum atomic E-state index is 11.7. The summed E-state index contributed by atoms with van der Waals surface area (Å²) in [4.78, 5) is 10.9. The number of hydrogen-bond donors (Lipinski definition) is 3. The zero-order valence-electron chi connectivity index (χ0n) is 8.16. The molecule has 1 rings (SSSR count). The molecule has 0 aromatic heterocycles. The van der Waals surface area contributed by atoms with Gasteiger partial charge in [0, 0.05) is 12.6 Å². The molecule has 2 amide bonds. The lowest BCUT2D eigenvalue weighted by molar-refractivity contribution is -0.122. The summed E-state index contributed by atoms with van der Waals surface area (Å²) in [5, 5.41) is 7.25. The Morgan fingerprint density at radius 3 is 2.67 bits per heavy atom. The second kappa shape index (κ2) is 5.20. The van der Waals surface area contributed by atoms with Crippen molar-refractivity contribution in [3.8, 4) is 0 Å². The number of hydrogen-bond acceptors (Lipinski definition) is 2. The summed E-state index contributed by atoms with van der Waals surface area (Å²) in [7, 11) is 0. The van der Waals surface area contributed by atoms with Crippen molar-refractivity contribution in [1.82, 2.24) is 16.0 Å². The van der Waals surface area contributed by atoms with Crippen molar-refractivity contribution in [3.63, 3.8) is 0 Å². The van der Waals surface area contributed by atoms with E-state index < -0.39 is 18.8 Å². The van der Waals surface area contributed by atoms with Gasteiger partial charge in [-0.3, -0.25) is 0 Å². The molecule has 0 spiro atoms. The van der Waals surface area contributed by atoms with Crippen molar-refractivity contribution in [2.75, 3.05) is 19.6 Å². The number of urea groups is 1. The predicted molar refractivity (Wildman–Crippen MR) is 48.5 cm³/mol. The molecule has 3 N–H and O–H groups in total. The zero-order chi connectivity index (χ0) is 11.3. The van der Waals surface area contributed by atoms with Crippen LogP contribution >= 0.6 is 0 Å². The third-order valence-electron chi connectivity index (χ3n) is 2.12. The van der Waals surface area contributed by atoms with E-state index in [1.54, 1.807) is 5.32 Å². The van der Waals surface area contributed by atoms with E-state index in [9.17, 15) is 18.0 Å². The van der Waals surface area contributed by atoms with Crippen LogP contribution in [0.2, 0.25) is 0 Å². The Morgan fingerprint density at radius 1 is 1.40 bits per heavy atom. The van der Waals surface area contributed by atoms with Crippen LogP contribution < -0.4 is 16.0 Å². The molecule has 1 unspecified atom stereocenters. The first-order valence-corrected chi connectivity index (χ1v) is 4.79.